The van der Waals surface area contributed by atoms with E-state index in [1.807, 2.05) is 42.5 Å². The minimum atomic E-state index is -1.86. The molecular formula is C25H27BO3. The quantitative estimate of drug-likeness (QED) is 0.488. The maximum Gasteiger partial charge on any atom is 0.634 e. The van der Waals surface area contributed by atoms with Crippen LogP contribution in [0.25, 0.3) is 0 Å². The summed E-state index contributed by atoms with van der Waals surface area (Å²) in [5.74, 6) is 0. The Hall–Kier alpha value is -2.40. The number of hydrogen-bond donors (Lipinski definition) is 2. The Bertz CT molecular complexity index is 860. The van der Waals surface area contributed by atoms with Crippen LogP contribution in [0.15, 0.2) is 91.0 Å². The van der Waals surface area contributed by atoms with Crippen LogP contribution < -0.4 is 0 Å². The van der Waals surface area contributed by atoms with E-state index in [4.69, 9.17) is 4.65 Å². The van der Waals surface area contributed by atoms with Gasteiger partial charge in [-0.3, -0.25) is 0 Å². The molecule has 1 saturated carbocycles. The van der Waals surface area contributed by atoms with Gasteiger partial charge < -0.3 is 14.7 Å². The van der Waals surface area contributed by atoms with Crippen molar-refractivity contribution in [1.82, 2.24) is 0 Å². The summed E-state index contributed by atoms with van der Waals surface area (Å²) in [6, 6.07) is 30.9. The third kappa shape index (κ3) is 3.53. The van der Waals surface area contributed by atoms with Gasteiger partial charge in [0.15, 0.2) is 0 Å². The maximum atomic E-state index is 10.1. The van der Waals surface area contributed by atoms with Crippen molar-refractivity contribution < 1.29 is 14.7 Å². The first kappa shape index (κ1) is 19.9. The fourth-order valence-corrected chi connectivity index (χ4v) is 5.23. The Morgan fingerprint density at radius 1 is 0.586 bits per heavy atom. The van der Waals surface area contributed by atoms with E-state index in [9.17, 15) is 10.0 Å². The van der Waals surface area contributed by atoms with Crippen LogP contribution in [0.2, 0.25) is 0 Å². The monoisotopic (exact) mass is 386 g/mol. The summed E-state index contributed by atoms with van der Waals surface area (Å²) in [5, 5.41) is 20.2. The lowest BCUT2D eigenvalue weighted by molar-refractivity contribution is -0.0454. The molecule has 0 bridgehead atoms. The van der Waals surface area contributed by atoms with E-state index < -0.39 is 18.3 Å². The van der Waals surface area contributed by atoms with Gasteiger partial charge in [0.05, 0.1) is 11.0 Å². The molecule has 0 aromatic heterocycles. The molecule has 1 unspecified atom stereocenters. The average Bonchev–Trinajstić information content (AvgIpc) is 2.96. The SMILES string of the molecule is OB(O)OC1(c2ccccc2)CCCCCC1(c1ccccc1)c1ccccc1. The van der Waals surface area contributed by atoms with Crippen molar-refractivity contribution in [2.75, 3.05) is 0 Å². The van der Waals surface area contributed by atoms with E-state index in [0.29, 0.717) is 6.42 Å². The van der Waals surface area contributed by atoms with Gasteiger partial charge in [-0.2, -0.15) is 0 Å². The third-order valence-electron chi connectivity index (χ3n) is 6.35. The van der Waals surface area contributed by atoms with Gasteiger partial charge >= 0.3 is 7.32 Å². The molecule has 148 valence electrons. The van der Waals surface area contributed by atoms with E-state index in [-0.39, 0.29) is 0 Å². The predicted molar refractivity (Wildman–Crippen MR) is 116 cm³/mol. The Labute approximate surface area is 173 Å². The molecule has 0 saturated heterocycles. The average molecular weight is 386 g/mol. The highest BCUT2D eigenvalue weighted by atomic mass is 16.6. The van der Waals surface area contributed by atoms with Crippen LogP contribution in [0.3, 0.4) is 0 Å². The Morgan fingerprint density at radius 2 is 1.03 bits per heavy atom. The number of rotatable bonds is 5. The summed E-state index contributed by atoms with van der Waals surface area (Å²) < 4.78 is 6.18. The van der Waals surface area contributed by atoms with E-state index >= 15 is 0 Å². The van der Waals surface area contributed by atoms with Crippen molar-refractivity contribution >= 4 is 7.32 Å². The van der Waals surface area contributed by atoms with Crippen LogP contribution in [-0.2, 0) is 15.7 Å². The van der Waals surface area contributed by atoms with Gasteiger partial charge in [-0.25, -0.2) is 0 Å². The zero-order valence-electron chi connectivity index (χ0n) is 16.6. The van der Waals surface area contributed by atoms with Crippen molar-refractivity contribution in [1.29, 1.82) is 0 Å². The molecule has 3 aromatic rings. The number of benzene rings is 3. The molecule has 3 nitrogen and oxygen atoms in total. The van der Waals surface area contributed by atoms with E-state index in [0.717, 1.165) is 42.4 Å². The van der Waals surface area contributed by atoms with Gasteiger partial charge in [-0.1, -0.05) is 110 Å². The Morgan fingerprint density at radius 3 is 1.52 bits per heavy atom. The molecular weight excluding hydrogens is 359 g/mol. The van der Waals surface area contributed by atoms with Crippen LogP contribution >= 0.6 is 0 Å². The molecule has 1 aliphatic carbocycles. The van der Waals surface area contributed by atoms with Gasteiger partial charge in [-0.15, -0.1) is 0 Å². The Kier molecular flexibility index (Phi) is 5.86. The second-order valence-corrected chi connectivity index (χ2v) is 7.84. The third-order valence-corrected chi connectivity index (χ3v) is 6.35. The fourth-order valence-electron chi connectivity index (χ4n) is 5.23. The first-order valence-electron chi connectivity index (χ1n) is 10.4. The first-order valence-corrected chi connectivity index (χ1v) is 10.4. The van der Waals surface area contributed by atoms with E-state index in [1.165, 1.54) is 0 Å². The zero-order chi connectivity index (χ0) is 20.2. The van der Waals surface area contributed by atoms with E-state index in [2.05, 4.69) is 48.5 Å². The second-order valence-electron chi connectivity index (χ2n) is 7.84. The molecule has 3 aromatic carbocycles. The van der Waals surface area contributed by atoms with Gasteiger partial charge in [0.2, 0.25) is 0 Å². The minimum Gasteiger partial charge on any atom is -0.402 e. The van der Waals surface area contributed by atoms with Gasteiger partial charge in [0.1, 0.15) is 0 Å². The minimum absolute atomic E-state index is 0.545. The molecule has 1 fully saturated rings. The van der Waals surface area contributed by atoms with Crippen molar-refractivity contribution in [3.8, 4) is 0 Å². The van der Waals surface area contributed by atoms with Crippen LogP contribution in [0, 0.1) is 0 Å². The molecule has 0 radical (unpaired) electrons. The summed E-state index contributed by atoms with van der Waals surface area (Å²) in [5.41, 5.74) is 1.80. The molecule has 1 aliphatic rings. The molecule has 0 spiro atoms. The molecule has 29 heavy (non-hydrogen) atoms. The highest BCUT2D eigenvalue weighted by molar-refractivity contribution is 6.32. The standard InChI is InChI=1S/C25H27BO3/c27-26(28)29-25(23-17-9-3-10-18-23)20-12-4-11-19-24(25,21-13-5-1-6-14-21)22-15-7-2-8-16-22/h1-3,5-10,13-18,27-28H,4,11-12,19-20H2. The molecule has 0 aliphatic heterocycles. The van der Waals surface area contributed by atoms with E-state index in [1.54, 1.807) is 0 Å². The normalized spacial score (nSPS) is 21.3. The fraction of sp³-hybridized carbons (Fsp3) is 0.280. The lowest BCUT2D eigenvalue weighted by Crippen LogP contribution is -2.54. The smallest absolute Gasteiger partial charge is 0.402 e. The maximum absolute atomic E-state index is 10.1. The predicted octanol–water partition coefficient (Wildman–Crippen LogP) is 4.82. The Balaban J connectivity index is 2.08. The van der Waals surface area contributed by atoms with Gasteiger partial charge in [0, 0.05) is 0 Å². The number of hydrogen-bond acceptors (Lipinski definition) is 3. The largest absolute Gasteiger partial charge is 0.634 e. The van der Waals surface area contributed by atoms with Crippen molar-refractivity contribution in [2.24, 2.45) is 0 Å². The van der Waals surface area contributed by atoms with Crippen molar-refractivity contribution in [3.05, 3.63) is 108 Å². The first-order chi connectivity index (χ1) is 14.2. The molecule has 0 amide bonds. The van der Waals surface area contributed by atoms with Crippen molar-refractivity contribution in [3.63, 3.8) is 0 Å². The zero-order valence-corrected chi connectivity index (χ0v) is 16.6. The summed E-state index contributed by atoms with van der Waals surface area (Å²) in [4.78, 5) is 0. The lowest BCUT2D eigenvalue weighted by Gasteiger charge is -2.51. The molecule has 4 heteroatoms. The van der Waals surface area contributed by atoms with Crippen LogP contribution in [0.1, 0.15) is 48.8 Å². The topological polar surface area (TPSA) is 49.7 Å². The molecule has 2 N–H and O–H groups in total. The second kappa shape index (κ2) is 8.54. The summed E-state index contributed by atoms with van der Waals surface area (Å²) >= 11 is 0. The molecule has 0 heterocycles. The van der Waals surface area contributed by atoms with Crippen LogP contribution in [0.4, 0.5) is 0 Å². The van der Waals surface area contributed by atoms with Gasteiger partial charge in [0.25, 0.3) is 0 Å². The summed E-state index contributed by atoms with van der Waals surface area (Å²) in [6.45, 7) is 0. The lowest BCUT2D eigenvalue weighted by atomic mass is 9.57. The summed E-state index contributed by atoms with van der Waals surface area (Å²) in [7, 11) is -1.86. The molecule has 4 rings (SSSR count). The van der Waals surface area contributed by atoms with Crippen LogP contribution in [0.5, 0.6) is 0 Å². The molecule has 1 atom stereocenters. The van der Waals surface area contributed by atoms with Crippen LogP contribution in [-0.4, -0.2) is 17.4 Å². The van der Waals surface area contributed by atoms with Gasteiger partial charge in [-0.05, 0) is 29.5 Å². The van der Waals surface area contributed by atoms with Crippen molar-refractivity contribution in [2.45, 2.75) is 43.1 Å². The highest BCUT2D eigenvalue weighted by Gasteiger charge is 2.56. The highest BCUT2D eigenvalue weighted by Crippen LogP contribution is 2.57. The summed E-state index contributed by atoms with van der Waals surface area (Å²) in [6.07, 6.45) is 4.66.